The molecule has 0 fully saturated rings. The maximum Gasteiger partial charge on any atom is 0.343 e. The van der Waals surface area contributed by atoms with Crippen molar-refractivity contribution in [1.82, 2.24) is 9.55 Å². The first kappa shape index (κ1) is 19.7. The Hall–Kier alpha value is -3.59. The zero-order valence-electron chi connectivity index (χ0n) is 16.4. The van der Waals surface area contributed by atoms with E-state index < -0.39 is 23.5 Å². The lowest BCUT2D eigenvalue weighted by Crippen LogP contribution is -2.22. The van der Waals surface area contributed by atoms with Crippen LogP contribution in [0.25, 0.3) is 5.69 Å². The largest absolute Gasteiger partial charge is 0.494 e. The Morgan fingerprint density at radius 3 is 2.53 bits per heavy atom. The number of para-hydroxylation sites is 1. The van der Waals surface area contributed by atoms with Gasteiger partial charge in [0, 0.05) is 5.56 Å². The summed E-state index contributed by atoms with van der Waals surface area (Å²) in [6.07, 6.45) is -1.14. The highest BCUT2D eigenvalue weighted by atomic mass is 32.1. The van der Waals surface area contributed by atoms with Crippen molar-refractivity contribution in [1.29, 1.82) is 0 Å². The fourth-order valence-corrected chi connectivity index (χ4v) is 3.91. The molecule has 4 rings (SSSR count). The fraction of sp³-hybridized carbons (Fsp3) is 0.190. The van der Waals surface area contributed by atoms with Crippen LogP contribution in [-0.2, 0) is 4.74 Å². The van der Waals surface area contributed by atoms with Gasteiger partial charge in [0.2, 0.25) is 5.88 Å². The lowest BCUT2D eigenvalue weighted by atomic mass is 9.99. The molecule has 2 N–H and O–H groups in total. The molecule has 8 nitrogen and oxygen atoms in total. The van der Waals surface area contributed by atoms with Crippen molar-refractivity contribution in [3.05, 3.63) is 73.8 Å². The summed E-state index contributed by atoms with van der Waals surface area (Å²) in [6.45, 7) is 1.85. The van der Waals surface area contributed by atoms with Crippen molar-refractivity contribution >= 4 is 18.2 Å². The number of carbonyl (C=O) groups excluding carboxylic acids is 1. The highest BCUT2D eigenvalue weighted by molar-refractivity contribution is 7.71. The number of fused-ring (bicyclic) bond motifs is 1. The number of aromatic amines is 1. The van der Waals surface area contributed by atoms with Crippen molar-refractivity contribution in [3.8, 4) is 23.1 Å². The Balaban J connectivity index is 1.98. The zero-order chi connectivity index (χ0) is 21.6. The molecule has 9 heteroatoms. The molecule has 3 aromatic rings. The first-order chi connectivity index (χ1) is 14.4. The highest BCUT2D eigenvalue weighted by Gasteiger charge is 2.40. The number of rotatable bonds is 4. The molecule has 1 atom stereocenters. The summed E-state index contributed by atoms with van der Waals surface area (Å²) in [7, 11) is 2.85. The molecular weight excluding hydrogens is 408 g/mol. The van der Waals surface area contributed by atoms with Crippen molar-refractivity contribution in [2.45, 2.75) is 13.0 Å². The molecule has 0 amide bonds. The van der Waals surface area contributed by atoms with E-state index in [-0.39, 0.29) is 21.6 Å². The Bertz CT molecular complexity index is 1290. The first-order valence-corrected chi connectivity index (χ1v) is 9.40. The molecular formula is C21H18N2O6S. The maximum absolute atomic E-state index is 12.8. The Morgan fingerprint density at radius 2 is 1.87 bits per heavy atom. The number of cyclic esters (lactones) is 1. The summed E-state index contributed by atoms with van der Waals surface area (Å²) in [5, 5.41) is 11.1. The quantitative estimate of drug-likeness (QED) is 0.488. The number of aryl methyl sites for hydroxylation is 1. The predicted molar refractivity (Wildman–Crippen MR) is 110 cm³/mol. The van der Waals surface area contributed by atoms with Gasteiger partial charge in [-0.15, -0.1) is 0 Å². The average Bonchev–Trinajstić information content (AvgIpc) is 3.04. The minimum Gasteiger partial charge on any atom is -0.494 e. The smallest absolute Gasteiger partial charge is 0.343 e. The van der Waals surface area contributed by atoms with Crippen molar-refractivity contribution in [2.75, 3.05) is 14.2 Å². The van der Waals surface area contributed by atoms with Gasteiger partial charge in [-0.3, -0.25) is 14.3 Å². The monoisotopic (exact) mass is 426 g/mol. The summed E-state index contributed by atoms with van der Waals surface area (Å²) in [5.41, 5.74) is 1.16. The van der Waals surface area contributed by atoms with Gasteiger partial charge in [-0.2, -0.15) is 0 Å². The summed E-state index contributed by atoms with van der Waals surface area (Å²) < 4.78 is 17.4. The van der Waals surface area contributed by atoms with Gasteiger partial charge in [-0.25, -0.2) is 4.79 Å². The SMILES string of the molecule is COc1ccc2c(c1OC)C(=O)O[C@H]2c1c(O)n(-c2ccccc2C)c(=S)[nH]c1=O. The second kappa shape index (κ2) is 7.34. The minimum absolute atomic E-state index is 0.0207. The van der Waals surface area contributed by atoms with Gasteiger partial charge in [-0.1, -0.05) is 24.3 Å². The standard InChI is InChI=1S/C21H18N2O6S/c1-10-6-4-5-7-12(10)23-19(25)15(18(24)22-21(23)30)16-11-8-9-13(27-2)17(28-3)14(11)20(26)29-16/h4-9,16,25H,1-3H3,(H,22,24,30)/t16-/m1/s1. The lowest BCUT2D eigenvalue weighted by Gasteiger charge is -2.18. The number of nitrogens with zero attached hydrogens (tertiary/aromatic N) is 1. The van der Waals surface area contributed by atoms with Crippen LogP contribution < -0.4 is 15.0 Å². The predicted octanol–water partition coefficient (Wildman–Crippen LogP) is 3.19. The number of H-pyrrole nitrogens is 1. The van der Waals surface area contributed by atoms with E-state index in [0.29, 0.717) is 17.0 Å². The van der Waals surface area contributed by atoms with Gasteiger partial charge in [0.25, 0.3) is 5.56 Å². The molecule has 1 aliphatic heterocycles. The molecule has 0 bridgehead atoms. The Morgan fingerprint density at radius 1 is 1.13 bits per heavy atom. The lowest BCUT2D eigenvalue weighted by molar-refractivity contribution is 0.0447. The van der Waals surface area contributed by atoms with E-state index in [0.717, 1.165) is 5.56 Å². The highest BCUT2D eigenvalue weighted by Crippen LogP contribution is 2.45. The number of methoxy groups -OCH3 is 2. The average molecular weight is 426 g/mol. The number of esters is 1. The van der Waals surface area contributed by atoms with Gasteiger partial charge in [0.15, 0.2) is 22.4 Å². The van der Waals surface area contributed by atoms with E-state index in [1.165, 1.54) is 18.8 Å². The second-order valence-corrected chi connectivity index (χ2v) is 7.06. The number of carbonyl (C=O) groups is 1. The van der Waals surface area contributed by atoms with Gasteiger partial charge in [0.05, 0.1) is 19.9 Å². The minimum atomic E-state index is -1.14. The summed E-state index contributed by atoms with van der Waals surface area (Å²) in [4.78, 5) is 27.9. The van der Waals surface area contributed by atoms with Gasteiger partial charge in [-0.05, 0) is 36.8 Å². The van der Waals surface area contributed by atoms with Gasteiger partial charge < -0.3 is 19.3 Å². The maximum atomic E-state index is 12.8. The number of aromatic nitrogens is 2. The molecule has 2 heterocycles. The summed E-state index contributed by atoms with van der Waals surface area (Å²) >= 11 is 5.28. The third-order valence-electron chi connectivity index (χ3n) is 5.03. The number of benzene rings is 2. The topological polar surface area (TPSA) is 103 Å². The van der Waals surface area contributed by atoms with E-state index in [2.05, 4.69) is 4.98 Å². The van der Waals surface area contributed by atoms with E-state index >= 15 is 0 Å². The normalized spacial score (nSPS) is 14.9. The van der Waals surface area contributed by atoms with Gasteiger partial charge in [0.1, 0.15) is 11.1 Å². The molecule has 1 aliphatic rings. The Labute approximate surface area is 176 Å². The van der Waals surface area contributed by atoms with E-state index in [4.69, 9.17) is 26.4 Å². The van der Waals surface area contributed by atoms with Gasteiger partial charge >= 0.3 is 5.97 Å². The fourth-order valence-electron chi connectivity index (χ4n) is 3.63. The van der Waals surface area contributed by atoms with Crippen LogP contribution in [0.4, 0.5) is 0 Å². The number of hydrogen-bond acceptors (Lipinski definition) is 7. The third kappa shape index (κ3) is 2.86. The second-order valence-electron chi connectivity index (χ2n) is 6.67. The van der Waals surface area contributed by atoms with Crippen LogP contribution in [0, 0.1) is 11.7 Å². The molecule has 30 heavy (non-hydrogen) atoms. The zero-order valence-corrected chi connectivity index (χ0v) is 17.2. The number of nitrogens with one attached hydrogen (secondary N) is 1. The summed E-state index contributed by atoms with van der Waals surface area (Å²) in [5.74, 6) is -0.541. The molecule has 1 aromatic heterocycles. The molecule has 0 aliphatic carbocycles. The first-order valence-electron chi connectivity index (χ1n) is 8.99. The molecule has 154 valence electrons. The molecule has 0 saturated carbocycles. The molecule has 0 unspecified atom stereocenters. The van der Waals surface area contributed by atoms with Crippen LogP contribution in [0.15, 0.2) is 41.2 Å². The van der Waals surface area contributed by atoms with Crippen LogP contribution in [0.2, 0.25) is 0 Å². The molecule has 0 radical (unpaired) electrons. The van der Waals surface area contributed by atoms with Crippen LogP contribution in [0.5, 0.6) is 17.4 Å². The number of aromatic hydroxyl groups is 1. The molecule has 0 saturated heterocycles. The summed E-state index contributed by atoms with van der Waals surface area (Å²) in [6, 6.07) is 10.5. The van der Waals surface area contributed by atoms with E-state index in [1.807, 2.05) is 19.1 Å². The van der Waals surface area contributed by atoms with Crippen molar-refractivity contribution in [2.24, 2.45) is 0 Å². The third-order valence-corrected chi connectivity index (χ3v) is 5.31. The number of hydrogen-bond donors (Lipinski definition) is 2. The van der Waals surface area contributed by atoms with Crippen LogP contribution in [0.1, 0.15) is 33.2 Å². The van der Waals surface area contributed by atoms with E-state index in [9.17, 15) is 14.7 Å². The molecule has 2 aromatic carbocycles. The number of ether oxygens (including phenoxy) is 3. The van der Waals surface area contributed by atoms with Crippen LogP contribution in [-0.4, -0.2) is 34.8 Å². The Kier molecular flexibility index (Phi) is 4.83. The van der Waals surface area contributed by atoms with E-state index in [1.54, 1.807) is 24.3 Å². The van der Waals surface area contributed by atoms with Crippen LogP contribution >= 0.6 is 12.2 Å². The van der Waals surface area contributed by atoms with Crippen molar-refractivity contribution in [3.63, 3.8) is 0 Å². The van der Waals surface area contributed by atoms with Crippen LogP contribution in [0.3, 0.4) is 0 Å². The molecule has 0 spiro atoms. The van der Waals surface area contributed by atoms with Crippen molar-refractivity contribution < 1.29 is 24.1 Å².